The van der Waals surface area contributed by atoms with E-state index in [1.54, 1.807) is 6.92 Å². The molecule has 2 bridgehead atoms. The summed E-state index contributed by atoms with van der Waals surface area (Å²) < 4.78 is 52.3. The molecule has 0 N–H and O–H groups in total. The molecule has 2 aliphatic heterocycles. The van der Waals surface area contributed by atoms with Crippen LogP contribution >= 0.6 is 7.92 Å². The molecule has 11 nitrogen and oxygen atoms in total. The molecule has 2 unspecified atom stereocenters. The van der Waals surface area contributed by atoms with Crippen LogP contribution in [0.1, 0.15) is 20.8 Å². The molecule has 0 aromatic rings. The Morgan fingerprint density at radius 2 is 1.03 bits per heavy atom. The van der Waals surface area contributed by atoms with Gasteiger partial charge in [-0.1, -0.05) is 11.1 Å². The van der Waals surface area contributed by atoms with Crippen LogP contribution in [0.15, 0.2) is 22.3 Å². The summed E-state index contributed by atoms with van der Waals surface area (Å²) in [7, 11) is 1.15. The number of hydrogen-bond donors (Lipinski definition) is 0. The molecule has 0 amide bonds. The number of carbonyl (C=O) groups excluding carboxylic acids is 3. The van der Waals surface area contributed by atoms with Gasteiger partial charge in [0.05, 0.1) is 32.0 Å². The molecule has 0 fully saturated rings. The van der Waals surface area contributed by atoms with Gasteiger partial charge in [-0.25, -0.2) is 14.4 Å². The Morgan fingerprint density at radius 3 is 1.24 bits per heavy atom. The Labute approximate surface area is 203 Å². The number of allylic oxidation sites excluding steroid dienone is 2. The van der Waals surface area contributed by atoms with E-state index in [2.05, 4.69) is 33.3 Å². The molecular formula is C20H19CrO11P. The number of esters is 2. The number of ether oxygens (including phenoxy) is 3. The maximum Gasteiger partial charge on any atom is 0 e. The molecule has 13 heteroatoms. The topological polar surface area (TPSA) is 178 Å². The van der Waals surface area contributed by atoms with Gasteiger partial charge in [0.15, 0.2) is 0 Å². The third kappa shape index (κ3) is 9.52. The first-order chi connectivity index (χ1) is 15.4. The Hall–Kier alpha value is -2.45. The molecule has 2 aliphatic rings. The summed E-state index contributed by atoms with van der Waals surface area (Å²) >= 11 is 0. The summed E-state index contributed by atoms with van der Waals surface area (Å²) in [6.45, 7) is 28.3. The standard InChI is InChI=1S/C15H19O6P.5CO.Cr/c1-6-21-15(18)22-11-7(2)8(3)12(22)10(14(17)20-5)9(11)13(16)19-4;5*1-2;/h11-12H,6H2,1-5H3;;;;;;. The van der Waals surface area contributed by atoms with Gasteiger partial charge in [0.2, 0.25) is 0 Å². The fourth-order valence-electron chi connectivity index (χ4n) is 3.08. The minimum Gasteiger partial charge on any atom is 0 e. The molecule has 0 saturated carbocycles. The molecule has 2 rings (SSSR count). The van der Waals surface area contributed by atoms with E-state index >= 15 is 0 Å². The van der Waals surface area contributed by atoms with Crippen LogP contribution in [0.3, 0.4) is 0 Å². The first-order valence-corrected chi connectivity index (χ1v) is 9.43. The van der Waals surface area contributed by atoms with Gasteiger partial charge in [-0.2, -0.15) is 0 Å². The smallest absolute Gasteiger partial charge is 0 e. The second-order valence-corrected chi connectivity index (χ2v) is 7.30. The molecule has 2 atom stereocenters. The zero-order valence-corrected chi connectivity index (χ0v) is 20.4. The van der Waals surface area contributed by atoms with Crippen molar-refractivity contribution >= 4 is 25.6 Å². The molecule has 2 heterocycles. The van der Waals surface area contributed by atoms with Gasteiger partial charge in [0.25, 0.3) is 0 Å². The minimum atomic E-state index is -1.37. The van der Waals surface area contributed by atoms with Gasteiger partial charge < -0.3 is 14.2 Å². The maximum absolute atomic E-state index is 12.4. The van der Waals surface area contributed by atoms with E-state index in [0.717, 1.165) is 11.1 Å². The van der Waals surface area contributed by atoms with Crippen molar-refractivity contribution in [1.29, 1.82) is 0 Å². The molecule has 0 radical (unpaired) electrons. The van der Waals surface area contributed by atoms with Crippen molar-refractivity contribution in [2.75, 3.05) is 20.8 Å². The zero-order valence-electron chi connectivity index (χ0n) is 18.2. The van der Waals surface area contributed by atoms with E-state index in [-0.39, 0.29) is 40.8 Å². The van der Waals surface area contributed by atoms with E-state index in [9.17, 15) is 14.4 Å². The van der Waals surface area contributed by atoms with Crippen molar-refractivity contribution in [1.82, 2.24) is 0 Å². The van der Waals surface area contributed by atoms with E-state index in [1.165, 1.54) is 14.2 Å². The summed E-state index contributed by atoms with van der Waals surface area (Å²) in [5.41, 5.74) is 1.21. The average molecular weight is 518 g/mol. The quantitative estimate of drug-likeness (QED) is 0.137. The van der Waals surface area contributed by atoms with E-state index in [0.29, 0.717) is 0 Å². The Morgan fingerprint density at radius 1 is 0.758 bits per heavy atom. The second kappa shape index (κ2) is 24.2. The Balaban J connectivity index is -0.000000210. The van der Waals surface area contributed by atoms with Gasteiger partial charge in [-0.15, -0.1) is 0 Å². The van der Waals surface area contributed by atoms with Crippen LogP contribution < -0.4 is 0 Å². The Bertz CT molecular complexity index is 741. The maximum atomic E-state index is 12.4. The van der Waals surface area contributed by atoms with E-state index < -0.39 is 31.2 Å². The van der Waals surface area contributed by atoms with Crippen LogP contribution in [0.25, 0.3) is 0 Å². The fourth-order valence-corrected chi connectivity index (χ4v) is 6.36. The number of hydrogen-bond acceptors (Lipinski definition) is 6. The number of rotatable bonds is 4. The summed E-state index contributed by atoms with van der Waals surface area (Å²) in [5, 5.41) is 0. The van der Waals surface area contributed by atoms with Crippen LogP contribution in [-0.4, -0.2) is 49.8 Å². The van der Waals surface area contributed by atoms with Crippen molar-refractivity contribution in [3.8, 4) is 0 Å². The minimum absolute atomic E-state index is 0. The van der Waals surface area contributed by atoms with Crippen molar-refractivity contribution in [3.05, 3.63) is 55.5 Å². The normalized spacial score (nSPS) is 17.8. The Kier molecular flexibility index (Phi) is 30.0. The SMILES string of the molecule is CCOC(=O)P1C2C(C)=C(C)C1C(C(=O)OC)=C2C(=O)OC.[C-]#[O+].[C-]#[O+].[C-]#[O+].[C-]#[O+].[C-]#[O+].[Cr]. The summed E-state index contributed by atoms with van der Waals surface area (Å²) in [4.78, 5) is 36.7. The predicted octanol–water partition coefficient (Wildman–Crippen LogP) is 2.18. The number of methoxy groups -OCH3 is 2. The van der Waals surface area contributed by atoms with E-state index in [4.69, 9.17) is 37.5 Å². The van der Waals surface area contributed by atoms with Crippen molar-refractivity contribution in [3.63, 3.8) is 0 Å². The first kappa shape index (κ1) is 40.9. The van der Waals surface area contributed by atoms with Gasteiger partial charge in [0.1, 0.15) is 0 Å². The first-order valence-electron chi connectivity index (χ1n) is 7.95. The summed E-state index contributed by atoms with van der Waals surface area (Å²) in [6, 6.07) is 0. The molecule has 0 spiro atoms. The van der Waals surface area contributed by atoms with Gasteiger partial charge >= 0.3 is 74.2 Å². The van der Waals surface area contributed by atoms with Crippen molar-refractivity contribution < 1.29 is 69.2 Å². The largest absolute Gasteiger partial charge is 0 e. The summed E-state index contributed by atoms with van der Waals surface area (Å²) in [6.07, 6.45) is 0. The van der Waals surface area contributed by atoms with Gasteiger partial charge in [0, 0.05) is 36.6 Å². The van der Waals surface area contributed by atoms with Crippen LogP contribution in [0, 0.1) is 33.3 Å². The molecule has 33 heavy (non-hydrogen) atoms. The van der Waals surface area contributed by atoms with Crippen molar-refractivity contribution in [2.45, 2.75) is 32.1 Å². The zero-order chi connectivity index (χ0) is 26.6. The number of carbonyl (C=O) groups is 3. The van der Waals surface area contributed by atoms with Crippen molar-refractivity contribution in [2.24, 2.45) is 0 Å². The molecule has 176 valence electrons. The van der Waals surface area contributed by atoms with Crippen LogP contribution in [0.5, 0.6) is 0 Å². The second-order valence-electron chi connectivity index (χ2n) is 5.09. The van der Waals surface area contributed by atoms with Crippen LogP contribution in [-0.2, 0) is 64.4 Å². The molecule has 0 aliphatic carbocycles. The third-order valence-electron chi connectivity index (χ3n) is 4.12. The van der Waals surface area contributed by atoms with Gasteiger partial charge in [-0.3, -0.25) is 0 Å². The van der Waals surface area contributed by atoms with Gasteiger partial charge in [-0.05, 0) is 20.8 Å². The average Bonchev–Trinajstić information content (AvgIpc) is 3.35. The number of fused-ring (bicyclic) bond motifs is 2. The monoisotopic (exact) mass is 518 g/mol. The molecular weight excluding hydrogens is 499 g/mol. The predicted molar refractivity (Wildman–Crippen MR) is 101 cm³/mol. The molecule has 0 aromatic carbocycles. The molecule has 0 saturated heterocycles. The van der Waals surface area contributed by atoms with E-state index in [1.807, 2.05) is 13.8 Å². The van der Waals surface area contributed by atoms with Crippen LogP contribution in [0.4, 0.5) is 4.79 Å². The summed E-state index contributed by atoms with van der Waals surface area (Å²) in [5.74, 6) is -1.17. The fraction of sp³-hybridized carbons (Fsp3) is 0.400. The van der Waals surface area contributed by atoms with Crippen LogP contribution in [0.2, 0.25) is 0 Å². The third-order valence-corrected chi connectivity index (χ3v) is 7.08. The molecule has 0 aromatic heterocycles.